The lowest BCUT2D eigenvalue weighted by molar-refractivity contribution is -0.111. The highest BCUT2D eigenvalue weighted by atomic mass is 19.1. The van der Waals surface area contributed by atoms with Gasteiger partial charge in [0.15, 0.2) is 0 Å². The predicted octanol–water partition coefficient (Wildman–Crippen LogP) is 4.95. The molecule has 0 aliphatic rings. The molecule has 0 aliphatic heterocycles. The molecule has 0 bridgehead atoms. The number of anilines is 3. The smallest absolute Gasteiger partial charge is 0.247 e. The van der Waals surface area contributed by atoms with E-state index < -0.39 is 0 Å². The van der Waals surface area contributed by atoms with E-state index in [0.717, 1.165) is 23.3 Å². The van der Waals surface area contributed by atoms with E-state index in [0.29, 0.717) is 29.5 Å². The summed E-state index contributed by atoms with van der Waals surface area (Å²) in [5, 5.41) is 6.05. The molecule has 7 nitrogen and oxygen atoms in total. The molecule has 34 heavy (non-hydrogen) atoms. The van der Waals surface area contributed by atoms with E-state index in [1.165, 1.54) is 18.2 Å². The summed E-state index contributed by atoms with van der Waals surface area (Å²) >= 11 is 0. The summed E-state index contributed by atoms with van der Waals surface area (Å²) < 4.78 is 21.5. The number of amides is 1. The zero-order chi connectivity index (χ0) is 24.1. The number of nitrogens with one attached hydrogen (secondary N) is 2. The van der Waals surface area contributed by atoms with Crippen molar-refractivity contribution in [2.45, 2.75) is 0 Å². The van der Waals surface area contributed by atoms with Gasteiger partial charge < -0.3 is 24.7 Å². The van der Waals surface area contributed by atoms with Crippen LogP contribution in [0.3, 0.4) is 0 Å². The molecule has 0 fully saturated rings. The lowest BCUT2D eigenvalue weighted by Gasteiger charge is -2.16. The van der Waals surface area contributed by atoms with Crippen LogP contribution in [0.4, 0.5) is 21.6 Å². The van der Waals surface area contributed by atoms with Gasteiger partial charge in [0.2, 0.25) is 5.91 Å². The SMILES string of the molecule is C=CC(=O)Nc1cc(Nc2cn3c(-c4cccc(F)c4)ccc3cn2)ccc1OCCN(C)C. The number of carbonyl (C=O) groups is 1. The van der Waals surface area contributed by atoms with Crippen molar-refractivity contribution < 1.29 is 13.9 Å². The second-order valence-electron chi connectivity index (χ2n) is 7.98. The number of aromatic nitrogens is 2. The Morgan fingerprint density at radius 2 is 2.06 bits per heavy atom. The number of rotatable bonds is 9. The van der Waals surface area contributed by atoms with Crippen molar-refractivity contribution in [3.63, 3.8) is 0 Å². The first-order valence-corrected chi connectivity index (χ1v) is 10.8. The van der Waals surface area contributed by atoms with Crippen LogP contribution < -0.4 is 15.4 Å². The van der Waals surface area contributed by atoms with Crippen LogP contribution in [0, 0.1) is 5.82 Å². The lowest BCUT2D eigenvalue weighted by atomic mass is 10.1. The van der Waals surface area contributed by atoms with Crippen LogP contribution in [-0.4, -0.2) is 47.4 Å². The second-order valence-corrected chi connectivity index (χ2v) is 7.98. The lowest BCUT2D eigenvalue weighted by Crippen LogP contribution is -2.20. The third-order valence-electron chi connectivity index (χ3n) is 5.15. The van der Waals surface area contributed by atoms with Gasteiger partial charge in [-0.3, -0.25) is 4.79 Å². The Morgan fingerprint density at radius 1 is 1.21 bits per heavy atom. The number of nitrogens with zero attached hydrogens (tertiary/aromatic N) is 3. The fourth-order valence-corrected chi connectivity index (χ4v) is 3.45. The van der Waals surface area contributed by atoms with Crippen LogP contribution in [0.1, 0.15) is 0 Å². The Hall–Kier alpha value is -4.17. The maximum atomic E-state index is 13.7. The molecule has 0 spiro atoms. The van der Waals surface area contributed by atoms with Crippen molar-refractivity contribution in [3.8, 4) is 17.0 Å². The van der Waals surface area contributed by atoms with E-state index in [1.54, 1.807) is 24.4 Å². The van der Waals surface area contributed by atoms with Crippen molar-refractivity contribution >= 4 is 28.6 Å². The first-order chi connectivity index (χ1) is 16.4. The molecule has 0 unspecified atom stereocenters. The Balaban J connectivity index is 1.61. The van der Waals surface area contributed by atoms with Crippen molar-refractivity contribution in [1.82, 2.24) is 14.3 Å². The molecule has 174 valence electrons. The van der Waals surface area contributed by atoms with Crippen LogP contribution in [0.15, 0.2) is 79.6 Å². The molecule has 0 saturated heterocycles. The first-order valence-electron chi connectivity index (χ1n) is 10.8. The van der Waals surface area contributed by atoms with Crippen LogP contribution in [0.25, 0.3) is 16.8 Å². The number of halogens is 1. The van der Waals surface area contributed by atoms with Gasteiger partial charge in [-0.25, -0.2) is 9.37 Å². The van der Waals surface area contributed by atoms with Gasteiger partial charge in [0.25, 0.3) is 0 Å². The zero-order valence-electron chi connectivity index (χ0n) is 19.1. The predicted molar refractivity (Wildman–Crippen MR) is 133 cm³/mol. The second kappa shape index (κ2) is 10.2. The van der Waals surface area contributed by atoms with Gasteiger partial charge in [-0.2, -0.15) is 0 Å². The van der Waals surface area contributed by atoms with Crippen LogP contribution >= 0.6 is 0 Å². The van der Waals surface area contributed by atoms with Gasteiger partial charge in [0.1, 0.15) is 24.0 Å². The van der Waals surface area contributed by atoms with Gasteiger partial charge in [-0.15, -0.1) is 0 Å². The molecule has 2 N–H and O–H groups in total. The molecular weight excluding hydrogens is 433 g/mol. The number of likely N-dealkylation sites (N-methyl/N-ethyl adjacent to an activating group) is 1. The van der Waals surface area contributed by atoms with Gasteiger partial charge >= 0.3 is 0 Å². The molecule has 0 aliphatic carbocycles. The summed E-state index contributed by atoms with van der Waals surface area (Å²) in [5.41, 5.74) is 3.74. The standard InChI is InChI=1S/C26H26FN5O2/c1-4-26(33)30-22-15-20(8-11-24(22)34-13-12-31(2)3)29-25-17-32-21(16-28-25)9-10-23(32)18-6-5-7-19(27)14-18/h4-11,14-17,29H,1,12-13H2,2-3H3,(H,30,33). The number of benzene rings is 2. The number of hydrogen-bond donors (Lipinski definition) is 2. The summed E-state index contributed by atoms with van der Waals surface area (Å²) in [6.45, 7) is 4.73. The van der Waals surface area contributed by atoms with E-state index in [4.69, 9.17) is 4.74 Å². The molecule has 0 atom stereocenters. The van der Waals surface area contributed by atoms with E-state index in [-0.39, 0.29) is 11.7 Å². The average Bonchev–Trinajstić information content (AvgIpc) is 3.23. The number of fused-ring (bicyclic) bond motifs is 1. The van der Waals surface area contributed by atoms with Crippen molar-refractivity contribution in [1.29, 1.82) is 0 Å². The minimum absolute atomic E-state index is 0.290. The monoisotopic (exact) mass is 459 g/mol. The van der Waals surface area contributed by atoms with Crippen molar-refractivity contribution in [3.05, 3.63) is 85.5 Å². The normalized spacial score (nSPS) is 10.9. The van der Waals surface area contributed by atoms with E-state index in [2.05, 4.69) is 22.2 Å². The van der Waals surface area contributed by atoms with Crippen molar-refractivity contribution in [2.24, 2.45) is 0 Å². The highest BCUT2D eigenvalue weighted by molar-refractivity contribution is 6.00. The molecule has 2 aromatic heterocycles. The number of hydrogen-bond acceptors (Lipinski definition) is 5. The van der Waals surface area contributed by atoms with Crippen LogP contribution in [0.2, 0.25) is 0 Å². The Bertz CT molecular complexity index is 1330. The Kier molecular flexibility index (Phi) is 6.89. The molecule has 8 heteroatoms. The van der Waals surface area contributed by atoms with Gasteiger partial charge in [-0.05, 0) is 62.6 Å². The summed E-state index contributed by atoms with van der Waals surface area (Å²) in [7, 11) is 3.93. The maximum Gasteiger partial charge on any atom is 0.247 e. The van der Waals surface area contributed by atoms with Crippen LogP contribution in [-0.2, 0) is 4.79 Å². The number of carbonyl (C=O) groups excluding carboxylic acids is 1. The molecule has 2 heterocycles. The third kappa shape index (κ3) is 5.41. The minimum Gasteiger partial charge on any atom is -0.490 e. The van der Waals surface area contributed by atoms with Gasteiger partial charge in [0.05, 0.1) is 29.3 Å². The fourth-order valence-electron chi connectivity index (χ4n) is 3.45. The van der Waals surface area contributed by atoms with Crippen LogP contribution in [0.5, 0.6) is 5.75 Å². The molecule has 2 aromatic carbocycles. The average molecular weight is 460 g/mol. The highest BCUT2D eigenvalue weighted by Crippen LogP contribution is 2.30. The highest BCUT2D eigenvalue weighted by Gasteiger charge is 2.11. The summed E-state index contributed by atoms with van der Waals surface area (Å²) in [6.07, 6.45) is 4.79. The van der Waals surface area contributed by atoms with E-state index in [1.807, 2.05) is 53.9 Å². The summed E-state index contributed by atoms with van der Waals surface area (Å²) in [4.78, 5) is 18.4. The van der Waals surface area contributed by atoms with E-state index in [9.17, 15) is 9.18 Å². The minimum atomic E-state index is -0.332. The summed E-state index contributed by atoms with van der Waals surface area (Å²) in [5.74, 6) is 0.525. The molecule has 1 amide bonds. The number of ether oxygens (including phenoxy) is 1. The van der Waals surface area contributed by atoms with Gasteiger partial charge in [0, 0.05) is 17.8 Å². The zero-order valence-corrected chi connectivity index (χ0v) is 19.1. The molecular formula is C26H26FN5O2. The first kappa shape index (κ1) is 23.0. The quantitative estimate of drug-likeness (QED) is 0.347. The molecule has 4 rings (SSSR count). The van der Waals surface area contributed by atoms with Gasteiger partial charge in [-0.1, -0.05) is 18.7 Å². The Labute approximate surface area is 197 Å². The summed E-state index contributed by atoms with van der Waals surface area (Å²) in [6, 6.07) is 15.8. The maximum absolute atomic E-state index is 13.7. The Morgan fingerprint density at radius 3 is 2.82 bits per heavy atom. The largest absolute Gasteiger partial charge is 0.490 e. The van der Waals surface area contributed by atoms with E-state index >= 15 is 0 Å². The third-order valence-corrected chi connectivity index (χ3v) is 5.15. The molecule has 0 radical (unpaired) electrons. The molecule has 0 saturated carbocycles. The topological polar surface area (TPSA) is 70.9 Å². The fraction of sp³-hybridized carbons (Fsp3) is 0.154. The van der Waals surface area contributed by atoms with Crippen molar-refractivity contribution in [2.75, 3.05) is 37.9 Å². The molecule has 4 aromatic rings.